The predicted molar refractivity (Wildman–Crippen MR) is 67.7 cm³/mol. The zero-order valence-electron chi connectivity index (χ0n) is 9.22. The van der Waals surface area contributed by atoms with Crippen molar-refractivity contribution in [1.29, 1.82) is 0 Å². The molecule has 5 heteroatoms. The van der Waals surface area contributed by atoms with Crippen LogP contribution in [0.1, 0.15) is 5.69 Å². The average Bonchev–Trinajstić information content (AvgIpc) is 2.61. The molecule has 2 rings (SSSR count). The van der Waals surface area contributed by atoms with E-state index >= 15 is 0 Å². The minimum absolute atomic E-state index is 0.0346. The Morgan fingerprint density at radius 1 is 1.41 bits per heavy atom. The van der Waals surface area contributed by atoms with Crippen LogP contribution in [-0.2, 0) is 18.3 Å². The van der Waals surface area contributed by atoms with Gasteiger partial charge in [0.2, 0.25) is 0 Å². The highest BCUT2D eigenvalue weighted by Crippen LogP contribution is 2.30. The lowest BCUT2D eigenvalue weighted by molar-refractivity contribution is -0.136. The summed E-state index contributed by atoms with van der Waals surface area (Å²) < 4.78 is 2.53. The molecule has 0 saturated heterocycles. The number of carbonyl (C=O) groups is 1. The van der Waals surface area contributed by atoms with Crippen LogP contribution in [0, 0.1) is 0 Å². The molecule has 0 fully saturated rings. The van der Waals surface area contributed by atoms with Crippen LogP contribution in [-0.4, -0.2) is 20.9 Å². The zero-order valence-corrected chi connectivity index (χ0v) is 10.8. The number of aromatic nitrogens is 2. The third-order valence-electron chi connectivity index (χ3n) is 2.54. The summed E-state index contributed by atoms with van der Waals surface area (Å²) in [6.07, 6.45) is 1.66. The van der Waals surface area contributed by atoms with Gasteiger partial charge < -0.3 is 5.11 Å². The highest BCUT2D eigenvalue weighted by Gasteiger charge is 2.15. The fraction of sp³-hybridized carbons (Fsp3) is 0.167. The van der Waals surface area contributed by atoms with Crippen molar-refractivity contribution in [3.8, 4) is 11.1 Å². The van der Waals surface area contributed by atoms with Crippen molar-refractivity contribution in [3.05, 3.63) is 40.6 Å². The predicted octanol–water partition coefficient (Wildman–Crippen LogP) is 2.48. The molecular weight excluding hydrogens is 284 g/mol. The molecule has 0 aliphatic heterocycles. The van der Waals surface area contributed by atoms with Crippen molar-refractivity contribution in [2.75, 3.05) is 0 Å². The number of carboxylic acids is 1. The Morgan fingerprint density at radius 3 is 2.76 bits per heavy atom. The first-order chi connectivity index (χ1) is 8.09. The van der Waals surface area contributed by atoms with E-state index in [-0.39, 0.29) is 6.42 Å². The van der Waals surface area contributed by atoms with Crippen LogP contribution in [0.2, 0.25) is 0 Å². The van der Waals surface area contributed by atoms with Gasteiger partial charge in [0.25, 0.3) is 0 Å². The highest BCUT2D eigenvalue weighted by molar-refractivity contribution is 9.10. The molecule has 1 N–H and O–H groups in total. The van der Waals surface area contributed by atoms with Gasteiger partial charge in [0.15, 0.2) is 0 Å². The summed E-state index contributed by atoms with van der Waals surface area (Å²) in [6, 6.07) is 7.69. The Bertz CT molecular complexity index is 563. The van der Waals surface area contributed by atoms with Crippen molar-refractivity contribution >= 4 is 21.9 Å². The van der Waals surface area contributed by atoms with Crippen LogP contribution < -0.4 is 0 Å². The van der Waals surface area contributed by atoms with E-state index in [1.807, 2.05) is 24.3 Å². The van der Waals surface area contributed by atoms with Crippen LogP contribution >= 0.6 is 15.9 Å². The van der Waals surface area contributed by atoms with Gasteiger partial charge in [0.05, 0.1) is 18.3 Å². The lowest BCUT2D eigenvalue weighted by Crippen LogP contribution is -2.07. The van der Waals surface area contributed by atoms with Crippen LogP contribution in [0.15, 0.2) is 34.9 Å². The fourth-order valence-corrected chi connectivity index (χ4v) is 2.22. The molecular formula is C12H11BrN2O2. The number of nitrogens with zero attached hydrogens (tertiary/aromatic N) is 2. The first kappa shape index (κ1) is 11.9. The number of hydrogen-bond acceptors (Lipinski definition) is 2. The van der Waals surface area contributed by atoms with E-state index in [4.69, 9.17) is 5.11 Å². The first-order valence-electron chi connectivity index (χ1n) is 5.07. The van der Waals surface area contributed by atoms with E-state index in [1.54, 1.807) is 17.9 Å². The first-order valence-corrected chi connectivity index (χ1v) is 5.86. The van der Waals surface area contributed by atoms with Gasteiger partial charge in [-0.25, -0.2) is 0 Å². The standard InChI is InChI=1S/C12H11BrN2O2/c1-15-11(6-12(16)17)9(7-14-15)8-4-2-3-5-10(8)13/h2-5,7H,6H2,1H3,(H,16,17). The molecule has 0 bridgehead atoms. The summed E-state index contributed by atoms with van der Waals surface area (Å²) in [7, 11) is 1.75. The van der Waals surface area contributed by atoms with Crippen molar-refractivity contribution in [1.82, 2.24) is 9.78 Å². The molecule has 2 aromatic rings. The van der Waals surface area contributed by atoms with Gasteiger partial charge in [0.1, 0.15) is 0 Å². The number of aryl methyl sites for hydroxylation is 1. The number of halogens is 1. The summed E-state index contributed by atoms with van der Waals surface area (Å²) in [5.41, 5.74) is 2.50. The number of benzene rings is 1. The van der Waals surface area contributed by atoms with E-state index < -0.39 is 5.97 Å². The van der Waals surface area contributed by atoms with Crippen LogP contribution in [0.25, 0.3) is 11.1 Å². The highest BCUT2D eigenvalue weighted by atomic mass is 79.9. The number of carboxylic acid groups (broad SMARTS) is 1. The molecule has 17 heavy (non-hydrogen) atoms. The molecule has 0 saturated carbocycles. The van der Waals surface area contributed by atoms with E-state index in [0.29, 0.717) is 5.69 Å². The summed E-state index contributed by atoms with van der Waals surface area (Å²) in [6.45, 7) is 0. The molecule has 1 heterocycles. The normalized spacial score (nSPS) is 10.5. The molecule has 0 atom stereocenters. The Kier molecular flexibility index (Phi) is 3.28. The van der Waals surface area contributed by atoms with E-state index in [0.717, 1.165) is 15.6 Å². The number of hydrogen-bond donors (Lipinski definition) is 1. The fourth-order valence-electron chi connectivity index (χ4n) is 1.72. The van der Waals surface area contributed by atoms with Gasteiger partial charge in [-0.05, 0) is 11.6 Å². The molecule has 1 aromatic carbocycles. The quantitative estimate of drug-likeness (QED) is 0.946. The summed E-state index contributed by atoms with van der Waals surface area (Å²) >= 11 is 3.46. The van der Waals surface area contributed by atoms with Crippen molar-refractivity contribution in [2.45, 2.75) is 6.42 Å². The number of aliphatic carboxylic acids is 1. The second-order valence-electron chi connectivity index (χ2n) is 3.68. The minimum atomic E-state index is -0.859. The van der Waals surface area contributed by atoms with Gasteiger partial charge in [-0.2, -0.15) is 5.10 Å². The molecule has 0 aliphatic carbocycles. The van der Waals surface area contributed by atoms with Crippen molar-refractivity contribution in [3.63, 3.8) is 0 Å². The largest absolute Gasteiger partial charge is 0.481 e. The Hall–Kier alpha value is -1.62. The van der Waals surface area contributed by atoms with Crippen LogP contribution in [0.5, 0.6) is 0 Å². The molecule has 0 radical (unpaired) electrons. The Labute approximate surface area is 107 Å². The summed E-state index contributed by atoms with van der Waals surface area (Å²) in [5.74, 6) is -0.859. The summed E-state index contributed by atoms with van der Waals surface area (Å²) in [5, 5.41) is 13.0. The van der Waals surface area contributed by atoms with E-state index in [9.17, 15) is 4.79 Å². The molecule has 1 aromatic heterocycles. The lowest BCUT2D eigenvalue weighted by atomic mass is 10.1. The van der Waals surface area contributed by atoms with Gasteiger partial charge in [-0.1, -0.05) is 34.1 Å². The topological polar surface area (TPSA) is 55.1 Å². The van der Waals surface area contributed by atoms with Gasteiger partial charge >= 0.3 is 5.97 Å². The summed E-state index contributed by atoms with van der Waals surface area (Å²) in [4.78, 5) is 10.8. The molecule has 0 spiro atoms. The molecule has 0 aliphatic rings. The lowest BCUT2D eigenvalue weighted by Gasteiger charge is -2.05. The third kappa shape index (κ3) is 2.39. The van der Waals surface area contributed by atoms with Gasteiger partial charge in [-0.15, -0.1) is 0 Å². The SMILES string of the molecule is Cn1ncc(-c2ccccc2Br)c1CC(=O)O. The molecule has 0 unspecified atom stereocenters. The average molecular weight is 295 g/mol. The zero-order chi connectivity index (χ0) is 12.4. The monoisotopic (exact) mass is 294 g/mol. The second kappa shape index (κ2) is 4.71. The Morgan fingerprint density at radius 2 is 2.12 bits per heavy atom. The molecule has 88 valence electrons. The smallest absolute Gasteiger partial charge is 0.309 e. The van der Waals surface area contributed by atoms with Crippen LogP contribution in [0.3, 0.4) is 0 Å². The van der Waals surface area contributed by atoms with E-state index in [2.05, 4.69) is 21.0 Å². The van der Waals surface area contributed by atoms with Crippen LogP contribution in [0.4, 0.5) is 0 Å². The van der Waals surface area contributed by atoms with Crippen molar-refractivity contribution in [2.24, 2.45) is 7.05 Å². The van der Waals surface area contributed by atoms with Gasteiger partial charge in [0, 0.05) is 17.1 Å². The second-order valence-corrected chi connectivity index (χ2v) is 4.53. The maximum Gasteiger partial charge on any atom is 0.309 e. The minimum Gasteiger partial charge on any atom is -0.481 e. The molecule has 4 nitrogen and oxygen atoms in total. The van der Waals surface area contributed by atoms with Crippen molar-refractivity contribution < 1.29 is 9.90 Å². The number of rotatable bonds is 3. The third-order valence-corrected chi connectivity index (χ3v) is 3.24. The molecule has 0 amide bonds. The Balaban J connectivity index is 2.53. The maximum atomic E-state index is 10.8. The van der Waals surface area contributed by atoms with Gasteiger partial charge in [-0.3, -0.25) is 9.48 Å². The van der Waals surface area contributed by atoms with E-state index in [1.165, 1.54) is 0 Å². The maximum absolute atomic E-state index is 10.8.